The van der Waals surface area contributed by atoms with E-state index < -0.39 is 0 Å². The first kappa shape index (κ1) is 11.1. The smallest absolute Gasteiger partial charge is 0.332 e. The minimum Gasteiger partial charge on any atom is -0.456 e. The van der Waals surface area contributed by atoms with Crippen LogP contribution >= 0.6 is 0 Å². The van der Waals surface area contributed by atoms with Crippen LogP contribution in [0.2, 0.25) is 0 Å². The molecule has 0 spiro atoms. The van der Waals surface area contributed by atoms with E-state index in [1.165, 1.54) is 5.56 Å². The maximum Gasteiger partial charge on any atom is 0.332 e. The summed E-state index contributed by atoms with van der Waals surface area (Å²) in [6, 6.07) is 8.11. The molecule has 3 nitrogen and oxygen atoms in total. The van der Waals surface area contributed by atoms with Crippen molar-refractivity contribution in [2.24, 2.45) is 0 Å². The summed E-state index contributed by atoms with van der Waals surface area (Å²) < 4.78 is 10.4. The third-order valence-electron chi connectivity index (χ3n) is 2.78. The van der Waals surface area contributed by atoms with E-state index in [2.05, 4.69) is 6.07 Å². The summed E-state index contributed by atoms with van der Waals surface area (Å²) in [6.45, 7) is 2.45. The Morgan fingerprint density at radius 3 is 3.06 bits per heavy atom. The Labute approximate surface area is 95.4 Å². The number of aryl methyl sites for hydroxylation is 1. The average Bonchev–Trinajstić information content (AvgIpc) is 2.70. The fraction of sp³-hybridized carbons (Fsp3) is 0.462. The third kappa shape index (κ3) is 2.42. The number of esters is 1. The normalized spacial score (nSPS) is 18.2. The van der Waals surface area contributed by atoms with Gasteiger partial charge < -0.3 is 9.47 Å². The highest BCUT2D eigenvalue weighted by Gasteiger charge is 2.24. The standard InChI is InChI=1S/C13H16O3/c1-2-15-9-13(14)16-12-8-7-10-5-3-4-6-11(10)12/h3-6,12H,2,7-9H2,1H3. The second-order valence-corrected chi connectivity index (χ2v) is 3.85. The first-order valence-corrected chi connectivity index (χ1v) is 5.66. The zero-order valence-corrected chi connectivity index (χ0v) is 9.44. The SMILES string of the molecule is CCOCC(=O)OC1CCc2ccccc21. The molecule has 1 atom stereocenters. The minimum atomic E-state index is -0.274. The molecule has 86 valence electrons. The summed E-state index contributed by atoms with van der Waals surface area (Å²) in [6.07, 6.45) is 1.80. The highest BCUT2D eigenvalue weighted by atomic mass is 16.6. The van der Waals surface area contributed by atoms with Gasteiger partial charge in [0, 0.05) is 6.61 Å². The van der Waals surface area contributed by atoms with Gasteiger partial charge in [0.05, 0.1) is 0 Å². The molecule has 3 heteroatoms. The topological polar surface area (TPSA) is 35.5 Å². The molecule has 0 aliphatic heterocycles. The number of fused-ring (bicyclic) bond motifs is 1. The zero-order chi connectivity index (χ0) is 11.4. The van der Waals surface area contributed by atoms with Gasteiger partial charge in [0.15, 0.2) is 0 Å². The summed E-state index contributed by atoms with van der Waals surface area (Å²) >= 11 is 0. The lowest BCUT2D eigenvalue weighted by atomic mass is 10.1. The van der Waals surface area contributed by atoms with Gasteiger partial charge >= 0.3 is 5.97 Å². The summed E-state index contributed by atoms with van der Waals surface area (Å²) in [7, 11) is 0. The molecule has 0 amide bonds. The second kappa shape index (κ2) is 5.12. The Morgan fingerprint density at radius 2 is 2.25 bits per heavy atom. The van der Waals surface area contributed by atoms with Crippen LogP contribution in [0.25, 0.3) is 0 Å². The Balaban J connectivity index is 1.95. The molecule has 0 saturated heterocycles. The molecular weight excluding hydrogens is 204 g/mol. The van der Waals surface area contributed by atoms with Crippen molar-refractivity contribution >= 4 is 5.97 Å². The predicted octanol–water partition coefficient (Wildman–Crippen LogP) is 2.25. The number of ether oxygens (including phenoxy) is 2. The fourth-order valence-electron chi connectivity index (χ4n) is 2.02. The van der Waals surface area contributed by atoms with E-state index in [-0.39, 0.29) is 18.7 Å². The summed E-state index contributed by atoms with van der Waals surface area (Å²) in [4.78, 5) is 11.4. The lowest BCUT2D eigenvalue weighted by Crippen LogP contribution is -2.15. The molecule has 2 rings (SSSR count). The van der Waals surface area contributed by atoms with Crippen LogP contribution in [0.3, 0.4) is 0 Å². The van der Waals surface area contributed by atoms with Gasteiger partial charge in [0.1, 0.15) is 12.7 Å². The lowest BCUT2D eigenvalue weighted by molar-refractivity contribution is -0.154. The molecule has 0 bridgehead atoms. The Morgan fingerprint density at radius 1 is 1.44 bits per heavy atom. The summed E-state index contributed by atoms with van der Waals surface area (Å²) in [5, 5.41) is 0. The van der Waals surface area contributed by atoms with E-state index >= 15 is 0 Å². The van der Waals surface area contributed by atoms with E-state index in [4.69, 9.17) is 9.47 Å². The van der Waals surface area contributed by atoms with Crippen LogP contribution in [0.5, 0.6) is 0 Å². The molecular formula is C13H16O3. The molecule has 0 saturated carbocycles. The van der Waals surface area contributed by atoms with Gasteiger partial charge in [-0.05, 0) is 30.9 Å². The van der Waals surface area contributed by atoms with Crippen LogP contribution in [-0.2, 0) is 20.7 Å². The van der Waals surface area contributed by atoms with Gasteiger partial charge in [-0.3, -0.25) is 0 Å². The van der Waals surface area contributed by atoms with E-state index in [0.717, 1.165) is 18.4 Å². The van der Waals surface area contributed by atoms with Crippen LogP contribution in [0.1, 0.15) is 30.6 Å². The quantitative estimate of drug-likeness (QED) is 0.730. The van der Waals surface area contributed by atoms with E-state index in [0.29, 0.717) is 6.61 Å². The number of carbonyl (C=O) groups is 1. The maximum atomic E-state index is 11.4. The highest BCUT2D eigenvalue weighted by molar-refractivity contribution is 5.71. The van der Waals surface area contributed by atoms with E-state index in [9.17, 15) is 4.79 Å². The molecule has 0 fully saturated rings. The van der Waals surface area contributed by atoms with Gasteiger partial charge in [-0.15, -0.1) is 0 Å². The largest absolute Gasteiger partial charge is 0.456 e. The van der Waals surface area contributed by atoms with Gasteiger partial charge in [-0.1, -0.05) is 24.3 Å². The lowest BCUT2D eigenvalue weighted by Gasteiger charge is -2.13. The Hall–Kier alpha value is -1.35. The molecule has 1 aliphatic rings. The second-order valence-electron chi connectivity index (χ2n) is 3.85. The van der Waals surface area contributed by atoms with Crippen LogP contribution in [0.15, 0.2) is 24.3 Å². The van der Waals surface area contributed by atoms with Crippen molar-refractivity contribution in [1.29, 1.82) is 0 Å². The number of rotatable bonds is 4. The highest BCUT2D eigenvalue weighted by Crippen LogP contribution is 2.33. The van der Waals surface area contributed by atoms with Crippen LogP contribution in [0.4, 0.5) is 0 Å². The molecule has 1 aliphatic carbocycles. The van der Waals surface area contributed by atoms with Gasteiger partial charge in [0.2, 0.25) is 0 Å². The van der Waals surface area contributed by atoms with Crippen LogP contribution < -0.4 is 0 Å². The van der Waals surface area contributed by atoms with Crippen molar-refractivity contribution in [1.82, 2.24) is 0 Å². The van der Waals surface area contributed by atoms with Gasteiger partial charge in [-0.2, -0.15) is 0 Å². The van der Waals surface area contributed by atoms with Crippen molar-refractivity contribution in [2.75, 3.05) is 13.2 Å². The van der Waals surface area contributed by atoms with Crippen LogP contribution in [-0.4, -0.2) is 19.2 Å². The van der Waals surface area contributed by atoms with E-state index in [1.54, 1.807) is 0 Å². The molecule has 0 aromatic heterocycles. The Bertz CT molecular complexity index is 373. The first-order valence-electron chi connectivity index (χ1n) is 5.66. The van der Waals surface area contributed by atoms with Crippen molar-refractivity contribution in [3.63, 3.8) is 0 Å². The molecule has 0 heterocycles. The molecule has 1 aromatic rings. The van der Waals surface area contributed by atoms with Crippen LogP contribution in [0, 0.1) is 0 Å². The van der Waals surface area contributed by atoms with Crippen molar-refractivity contribution in [2.45, 2.75) is 25.9 Å². The maximum absolute atomic E-state index is 11.4. The van der Waals surface area contributed by atoms with Gasteiger partial charge in [0.25, 0.3) is 0 Å². The average molecular weight is 220 g/mol. The van der Waals surface area contributed by atoms with Crippen molar-refractivity contribution < 1.29 is 14.3 Å². The zero-order valence-electron chi connectivity index (χ0n) is 9.44. The number of hydrogen-bond acceptors (Lipinski definition) is 3. The molecule has 1 aromatic carbocycles. The Kier molecular flexibility index (Phi) is 3.57. The summed E-state index contributed by atoms with van der Waals surface area (Å²) in [5.41, 5.74) is 2.43. The molecule has 0 radical (unpaired) electrons. The molecule has 0 N–H and O–H groups in total. The molecule has 1 unspecified atom stereocenters. The summed E-state index contributed by atoms with van der Waals surface area (Å²) in [5.74, 6) is -0.274. The fourth-order valence-corrected chi connectivity index (χ4v) is 2.02. The number of carbonyl (C=O) groups excluding carboxylic acids is 1. The van der Waals surface area contributed by atoms with Crippen molar-refractivity contribution in [3.05, 3.63) is 35.4 Å². The predicted molar refractivity (Wildman–Crippen MR) is 60.1 cm³/mol. The minimum absolute atomic E-state index is 0.0508. The van der Waals surface area contributed by atoms with Crippen molar-refractivity contribution in [3.8, 4) is 0 Å². The molecule has 16 heavy (non-hydrogen) atoms. The monoisotopic (exact) mass is 220 g/mol. The first-order chi connectivity index (χ1) is 7.81. The van der Waals surface area contributed by atoms with E-state index in [1.807, 2.05) is 25.1 Å². The number of hydrogen-bond donors (Lipinski definition) is 0. The number of benzene rings is 1. The third-order valence-corrected chi connectivity index (χ3v) is 2.78. The van der Waals surface area contributed by atoms with Gasteiger partial charge in [-0.25, -0.2) is 4.79 Å².